The summed E-state index contributed by atoms with van der Waals surface area (Å²) >= 11 is 6.29. The van der Waals surface area contributed by atoms with E-state index in [2.05, 4.69) is 15.6 Å². The van der Waals surface area contributed by atoms with Crippen molar-refractivity contribution >= 4 is 41.5 Å². The lowest BCUT2D eigenvalue weighted by Crippen LogP contribution is -2.38. The monoisotopic (exact) mass is 469 g/mol. The molecule has 0 fully saturated rings. The Bertz CT molecular complexity index is 544. The Morgan fingerprint density at radius 1 is 1.29 bits per heavy atom. The van der Waals surface area contributed by atoms with Crippen LogP contribution in [0.15, 0.2) is 17.1 Å². The third kappa shape index (κ3) is 6.52. The Balaban J connectivity index is 0.00000288. The second kappa shape index (κ2) is 11.6. The van der Waals surface area contributed by atoms with Crippen LogP contribution in [0.4, 0.5) is 0 Å². The van der Waals surface area contributed by atoms with Gasteiger partial charge in [0, 0.05) is 33.2 Å². The van der Waals surface area contributed by atoms with Gasteiger partial charge in [0.25, 0.3) is 0 Å². The van der Waals surface area contributed by atoms with E-state index < -0.39 is 0 Å². The molecule has 136 valence electrons. The lowest BCUT2D eigenvalue weighted by Gasteiger charge is -2.14. The summed E-state index contributed by atoms with van der Waals surface area (Å²) < 4.78 is 16.6. The summed E-state index contributed by atoms with van der Waals surface area (Å²) in [5, 5.41) is 7.00. The van der Waals surface area contributed by atoms with Crippen molar-refractivity contribution in [2.45, 2.75) is 19.9 Å². The van der Waals surface area contributed by atoms with Gasteiger partial charge in [0.15, 0.2) is 17.5 Å². The van der Waals surface area contributed by atoms with E-state index in [1.165, 1.54) is 0 Å². The third-order valence-electron chi connectivity index (χ3n) is 3.29. The van der Waals surface area contributed by atoms with Crippen molar-refractivity contribution in [3.8, 4) is 11.5 Å². The van der Waals surface area contributed by atoms with E-state index >= 15 is 0 Å². The Morgan fingerprint density at radius 2 is 2.08 bits per heavy atom. The van der Waals surface area contributed by atoms with Gasteiger partial charge in [-0.25, -0.2) is 0 Å². The molecule has 2 rings (SSSR count). The highest BCUT2D eigenvalue weighted by atomic mass is 127. The molecule has 1 aliphatic rings. The van der Waals surface area contributed by atoms with E-state index in [4.69, 9.17) is 25.8 Å². The predicted molar refractivity (Wildman–Crippen MR) is 107 cm³/mol. The van der Waals surface area contributed by atoms with E-state index in [-0.39, 0.29) is 24.0 Å². The van der Waals surface area contributed by atoms with Crippen LogP contribution in [0.5, 0.6) is 11.5 Å². The first-order valence-electron chi connectivity index (χ1n) is 7.85. The van der Waals surface area contributed by atoms with Crippen molar-refractivity contribution in [3.05, 3.63) is 22.7 Å². The number of hydrogen-bond acceptors (Lipinski definition) is 4. The maximum atomic E-state index is 6.29. The molecular formula is C16H25ClIN3O3. The molecule has 0 aliphatic carbocycles. The predicted octanol–water partition coefficient (Wildman–Crippen LogP) is 2.82. The number of ether oxygens (including phenoxy) is 3. The lowest BCUT2D eigenvalue weighted by molar-refractivity contribution is 0.152. The Labute approximate surface area is 165 Å². The van der Waals surface area contributed by atoms with Gasteiger partial charge >= 0.3 is 0 Å². The van der Waals surface area contributed by atoms with Crippen LogP contribution < -0.4 is 20.1 Å². The first kappa shape index (κ1) is 21.1. The fraction of sp³-hybridized carbons (Fsp3) is 0.562. The molecule has 0 bridgehead atoms. The van der Waals surface area contributed by atoms with E-state index in [9.17, 15) is 0 Å². The number of nitrogens with one attached hydrogen (secondary N) is 2. The number of rotatable bonds is 6. The van der Waals surface area contributed by atoms with Crippen LogP contribution in [0.3, 0.4) is 0 Å². The lowest BCUT2D eigenvalue weighted by atomic mass is 10.2. The van der Waals surface area contributed by atoms with Crippen LogP contribution in [0.2, 0.25) is 5.02 Å². The topological polar surface area (TPSA) is 64.1 Å². The molecule has 1 aliphatic heterocycles. The molecule has 8 heteroatoms. The number of fused-ring (bicyclic) bond motifs is 1. The molecule has 0 saturated heterocycles. The number of aliphatic imine (C=N–C) groups is 1. The minimum absolute atomic E-state index is 0. The maximum Gasteiger partial charge on any atom is 0.191 e. The summed E-state index contributed by atoms with van der Waals surface area (Å²) in [6.45, 7) is 5.89. The van der Waals surface area contributed by atoms with Gasteiger partial charge in [0.05, 0.1) is 24.8 Å². The van der Waals surface area contributed by atoms with Crippen LogP contribution in [0.25, 0.3) is 0 Å². The standard InChI is InChI=1S/C16H24ClN3O3.HI/c1-3-21-8-5-19-16(18-2)20-11-12-9-13(17)15-14(10-12)22-6-4-7-23-15;/h9-10H,3-8,11H2,1-2H3,(H2,18,19,20);1H. The third-order valence-corrected chi connectivity index (χ3v) is 3.57. The maximum absolute atomic E-state index is 6.29. The van der Waals surface area contributed by atoms with Gasteiger partial charge in [-0.3, -0.25) is 4.99 Å². The molecule has 0 saturated carbocycles. The largest absolute Gasteiger partial charge is 0.489 e. The summed E-state index contributed by atoms with van der Waals surface area (Å²) in [4.78, 5) is 4.18. The molecule has 0 radical (unpaired) electrons. The molecule has 0 unspecified atom stereocenters. The van der Waals surface area contributed by atoms with Gasteiger partial charge in [-0.15, -0.1) is 24.0 Å². The van der Waals surface area contributed by atoms with E-state index in [0.29, 0.717) is 62.0 Å². The summed E-state index contributed by atoms with van der Waals surface area (Å²) in [6, 6.07) is 3.84. The molecule has 1 heterocycles. The smallest absolute Gasteiger partial charge is 0.191 e. The van der Waals surface area contributed by atoms with E-state index in [1.54, 1.807) is 7.05 Å². The molecule has 24 heavy (non-hydrogen) atoms. The quantitative estimate of drug-likeness (QED) is 0.290. The summed E-state index contributed by atoms with van der Waals surface area (Å²) in [5.41, 5.74) is 1.01. The van der Waals surface area contributed by atoms with Crippen molar-refractivity contribution < 1.29 is 14.2 Å². The fourth-order valence-electron chi connectivity index (χ4n) is 2.18. The van der Waals surface area contributed by atoms with Gasteiger partial charge in [-0.2, -0.15) is 0 Å². The van der Waals surface area contributed by atoms with Crippen LogP contribution in [-0.4, -0.2) is 46.0 Å². The second-order valence-corrected chi connectivity index (χ2v) is 5.41. The normalized spacial score (nSPS) is 13.7. The highest BCUT2D eigenvalue weighted by Crippen LogP contribution is 2.37. The highest BCUT2D eigenvalue weighted by molar-refractivity contribution is 14.0. The minimum atomic E-state index is 0. The average molecular weight is 470 g/mol. The van der Waals surface area contributed by atoms with Gasteiger partial charge in [-0.1, -0.05) is 11.6 Å². The minimum Gasteiger partial charge on any atom is -0.489 e. The fourth-order valence-corrected chi connectivity index (χ4v) is 2.47. The van der Waals surface area contributed by atoms with E-state index in [1.807, 2.05) is 19.1 Å². The first-order valence-corrected chi connectivity index (χ1v) is 8.22. The van der Waals surface area contributed by atoms with Crippen molar-refractivity contribution in [1.82, 2.24) is 10.6 Å². The van der Waals surface area contributed by atoms with Gasteiger partial charge in [0.1, 0.15) is 0 Å². The van der Waals surface area contributed by atoms with Crippen molar-refractivity contribution in [3.63, 3.8) is 0 Å². The van der Waals surface area contributed by atoms with Crippen LogP contribution >= 0.6 is 35.6 Å². The van der Waals surface area contributed by atoms with Crippen molar-refractivity contribution in [2.24, 2.45) is 4.99 Å². The first-order chi connectivity index (χ1) is 11.2. The zero-order chi connectivity index (χ0) is 16.5. The Morgan fingerprint density at radius 3 is 2.83 bits per heavy atom. The summed E-state index contributed by atoms with van der Waals surface area (Å²) in [7, 11) is 1.73. The average Bonchev–Trinajstić information content (AvgIpc) is 2.80. The molecular weight excluding hydrogens is 445 g/mol. The van der Waals surface area contributed by atoms with Gasteiger partial charge < -0.3 is 24.8 Å². The number of nitrogens with zero attached hydrogens (tertiary/aromatic N) is 1. The molecule has 0 amide bonds. The second-order valence-electron chi connectivity index (χ2n) is 5.00. The Kier molecular flexibility index (Phi) is 10.2. The van der Waals surface area contributed by atoms with Crippen LogP contribution in [0.1, 0.15) is 18.9 Å². The molecule has 6 nitrogen and oxygen atoms in total. The van der Waals surface area contributed by atoms with Gasteiger partial charge in [-0.05, 0) is 24.6 Å². The number of halogens is 2. The molecule has 1 aromatic carbocycles. The number of benzene rings is 1. The van der Waals surface area contributed by atoms with Gasteiger partial charge in [0.2, 0.25) is 0 Å². The Hall–Kier alpha value is -0.930. The molecule has 0 atom stereocenters. The molecule has 0 spiro atoms. The molecule has 0 aromatic heterocycles. The highest BCUT2D eigenvalue weighted by Gasteiger charge is 2.15. The molecule has 1 aromatic rings. The van der Waals surface area contributed by atoms with Crippen LogP contribution in [-0.2, 0) is 11.3 Å². The van der Waals surface area contributed by atoms with E-state index in [0.717, 1.165) is 12.0 Å². The number of guanidine groups is 1. The zero-order valence-corrected chi connectivity index (χ0v) is 17.1. The van der Waals surface area contributed by atoms with Crippen LogP contribution in [0, 0.1) is 0 Å². The summed E-state index contributed by atoms with van der Waals surface area (Å²) in [5.74, 6) is 2.05. The molecule has 2 N–H and O–H groups in total. The van der Waals surface area contributed by atoms with Crippen molar-refractivity contribution in [1.29, 1.82) is 0 Å². The summed E-state index contributed by atoms with van der Waals surface area (Å²) in [6.07, 6.45) is 0.856. The van der Waals surface area contributed by atoms with Crippen molar-refractivity contribution in [2.75, 3.05) is 40.0 Å². The SMILES string of the molecule is CCOCCNC(=NC)NCc1cc(Cl)c2c(c1)OCCCO2.I. The zero-order valence-electron chi connectivity index (χ0n) is 14.1. The number of hydrogen-bond donors (Lipinski definition) is 2.